The van der Waals surface area contributed by atoms with E-state index in [1.807, 2.05) is 0 Å². The van der Waals surface area contributed by atoms with E-state index in [0.717, 1.165) is 29.4 Å². The first-order chi connectivity index (χ1) is 18.7. The average Bonchev–Trinajstić information content (AvgIpc) is 3.67. The van der Waals surface area contributed by atoms with Crippen molar-refractivity contribution in [3.05, 3.63) is 71.1 Å². The molecule has 0 unspecified atom stereocenters. The fourth-order valence-electron chi connectivity index (χ4n) is 3.98. The Morgan fingerprint density at radius 3 is 2.59 bits per heavy atom. The van der Waals surface area contributed by atoms with Crippen molar-refractivity contribution in [3.8, 4) is 23.0 Å². The van der Waals surface area contributed by atoms with Crippen LogP contribution in [0.25, 0.3) is 17.1 Å². The maximum Gasteiger partial charge on any atom is 0.435 e. The van der Waals surface area contributed by atoms with E-state index in [-0.39, 0.29) is 18.2 Å². The molecule has 0 radical (unpaired) electrons. The van der Waals surface area contributed by atoms with E-state index < -0.39 is 23.5 Å². The first kappa shape index (κ1) is 25.8. The number of hydrogen-bond donors (Lipinski definition) is 3. The largest absolute Gasteiger partial charge is 0.480 e. The highest BCUT2D eigenvalue weighted by Gasteiger charge is 2.36. The van der Waals surface area contributed by atoms with Gasteiger partial charge in [0.15, 0.2) is 17.2 Å². The third-order valence-corrected chi connectivity index (χ3v) is 6.06. The molecule has 0 bridgehead atoms. The second kappa shape index (κ2) is 10.1. The van der Waals surface area contributed by atoms with Gasteiger partial charge >= 0.3 is 12.1 Å². The number of carboxylic acid groups (broad SMARTS) is 1. The monoisotopic (exact) mass is 538 g/mol. The molecule has 1 saturated carbocycles. The first-order valence-corrected chi connectivity index (χ1v) is 11.7. The van der Waals surface area contributed by atoms with E-state index in [1.54, 1.807) is 12.1 Å². The van der Waals surface area contributed by atoms with E-state index in [0.29, 0.717) is 40.3 Å². The van der Waals surface area contributed by atoms with Crippen molar-refractivity contribution in [3.63, 3.8) is 0 Å². The van der Waals surface area contributed by atoms with Crippen LogP contribution in [0.5, 0.6) is 5.88 Å². The molecule has 4 aromatic rings. The summed E-state index contributed by atoms with van der Waals surface area (Å²) in [4.78, 5) is 29.1. The standard InChI is InChI=1S/C25H21F3N8O3/c1-39-23-19(20(14-4-5-14)32-12-33-23)22-31-11-15(9-29)21(34-22)30-10-13-2-6-16(7-3-13)36-17(24(37)38)8-18(35-36)25(26,27)28/h2-3,6-9,11-12,14,29H,4-5,10H2,1H3,(H,37,38)(H,30,31,34). The van der Waals surface area contributed by atoms with Crippen LogP contribution in [0.15, 0.2) is 42.9 Å². The third kappa shape index (κ3) is 5.26. The summed E-state index contributed by atoms with van der Waals surface area (Å²) in [5, 5.41) is 23.6. The van der Waals surface area contributed by atoms with E-state index in [2.05, 4.69) is 30.4 Å². The van der Waals surface area contributed by atoms with E-state index >= 15 is 0 Å². The van der Waals surface area contributed by atoms with Gasteiger partial charge in [0.2, 0.25) is 5.88 Å². The van der Waals surface area contributed by atoms with E-state index in [4.69, 9.17) is 10.1 Å². The zero-order chi connectivity index (χ0) is 27.7. The topological polar surface area (TPSA) is 152 Å². The summed E-state index contributed by atoms with van der Waals surface area (Å²) in [6.07, 6.45) is 1.27. The Labute approximate surface area is 219 Å². The summed E-state index contributed by atoms with van der Waals surface area (Å²) < 4.78 is 45.4. The summed E-state index contributed by atoms with van der Waals surface area (Å²) in [5.74, 6) is -0.182. The average molecular weight is 538 g/mol. The number of rotatable bonds is 9. The number of carbonyl (C=O) groups is 1. The van der Waals surface area contributed by atoms with Gasteiger partial charge in [0.05, 0.1) is 24.1 Å². The second-order valence-electron chi connectivity index (χ2n) is 8.71. The van der Waals surface area contributed by atoms with Gasteiger partial charge in [0.25, 0.3) is 0 Å². The van der Waals surface area contributed by atoms with E-state index in [9.17, 15) is 23.1 Å². The number of carboxylic acids is 1. The Morgan fingerprint density at radius 1 is 1.23 bits per heavy atom. The Balaban J connectivity index is 1.40. The molecule has 0 amide bonds. The van der Waals surface area contributed by atoms with Crippen molar-refractivity contribution < 1.29 is 27.8 Å². The van der Waals surface area contributed by atoms with Crippen LogP contribution in [0.2, 0.25) is 0 Å². The molecule has 5 rings (SSSR count). The van der Waals surface area contributed by atoms with Gasteiger partial charge < -0.3 is 20.6 Å². The summed E-state index contributed by atoms with van der Waals surface area (Å²) in [6, 6.07) is 6.66. The van der Waals surface area contributed by atoms with Crippen LogP contribution >= 0.6 is 0 Å². The van der Waals surface area contributed by atoms with Crippen LogP contribution in [0.4, 0.5) is 19.0 Å². The number of ether oxygens (including phenoxy) is 1. The lowest BCUT2D eigenvalue weighted by molar-refractivity contribution is -0.141. The van der Waals surface area contributed by atoms with Gasteiger partial charge in [-0.25, -0.2) is 29.4 Å². The Bertz CT molecular complexity index is 1550. The molecule has 3 heterocycles. The summed E-state index contributed by atoms with van der Waals surface area (Å²) in [5.41, 5.74) is 0.797. The predicted octanol–water partition coefficient (Wildman–Crippen LogP) is 4.33. The van der Waals surface area contributed by atoms with Crippen molar-refractivity contribution in [1.82, 2.24) is 29.7 Å². The number of aromatic nitrogens is 6. The summed E-state index contributed by atoms with van der Waals surface area (Å²) in [6.45, 7) is 0.244. The lowest BCUT2D eigenvalue weighted by Gasteiger charge is -2.13. The fraction of sp³-hybridized carbons (Fsp3) is 0.240. The zero-order valence-corrected chi connectivity index (χ0v) is 20.4. The van der Waals surface area contributed by atoms with Gasteiger partial charge in [-0.1, -0.05) is 12.1 Å². The summed E-state index contributed by atoms with van der Waals surface area (Å²) >= 11 is 0. The van der Waals surface area contributed by atoms with Gasteiger partial charge in [0.1, 0.15) is 17.7 Å². The number of alkyl halides is 3. The van der Waals surface area contributed by atoms with Crippen LogP contribution < -0.4 is 10.1 Å². The van der Waals surface area contributed by atoms with Crippen molar-refractivity contribution in [2.24, 2.45) is 0 Å². The molecule has 3 N–H and O–H groups in total. The lowest BCUT2D eigenvalue weighted by atomic mass is 10.1. The minimum atomic E-state index is -4.78. The normalized spacial score (nSPS) is 13.2. The molecule has 200 valence electrons. The molecule has 3 aromatic heterocycles. The number of nitrogens with one attached hydrogen (secondary N) is 2. The SMILES string of the molecule is COc1ncnc(C2CC2)c1-c1ncc(C=N)c(NCc2ccc(-n3nc(C(F)(F)F)cc3C(=O)O)cc2)n1. The smallest absolute Gasteiger partial charge is 0.435 e. The Hall–Kier alpha value is -4.88. The van der Waals surface area contributed by atoms with Gasteiger partial charge in [-0.3, -0.25) is 0 Å². The number of hydrogen-bond acceptors (Lipinski definition) is 9. The highest BCUT2D eigenvalue weighted by atomic mass is 19.4. The zero-order valence-electron chi connectivity index (χ0n) is 20.4. The number of aromatic carboxylic acids is 1. The predicted molar refractivity (Wildman–Crippen MR) is 132 cm³/mol. The molecule has 0 saturated heterocycles. The first-order valence-electron chi connectivity index (χ1n) is 11.7. The minimum Gasteiger partial charge on any atom is -0.480 e. The lowest BCUT2D eigenvalue weighted by Crippen LogP contribution is -2.10. The molecule has 39 heavy (non-hydrogen) atoms. The molecule has 0 aliphatic heterocycles. The van der Waals surface area contributed by atoms with Crippen LogP contribution in [0, 0.1) is 5.41 Å². The number of anilines is 1. The molecule has 1 fully saturated rings. The fourth-order valence-corrected chi connectivity index (χ4v) is 3.98. The molecule has 1 aliphatic carbocycles. The second-order valence-corrected chi connectivity index (χ2v) is 8.71. The van der Waals surface area contributed by atoms with E-state index in [1.165, 1.54) is 31.8 Å². The molecule has 0 spiro atoms. The van der Waals surface area contributed by atoms with Gasteiger partial charge in [-0.2, -0.15) is 18.3 Å². The molecular formula is C25H21F3N8O3. The van der Waals surface area contributed by atoms with Gasteiger partial charge in [-0.05, 0) is 30.5 Å². The van der Waals surface area contributed by atoms with Crippen molar-refractivity contribution in [2.45, 2.75) is 31.5 Å². The molecule has 0 atom stereocenters. The summed E-state index contributed by atoms with van der Waals surface area (Å²) in [7, 11) is 1.50. The Kier molecular flexibility index (Phi) is 6.68. The van der Waals surface area contributed by atoms with Gasteiger partial charge in [-0.15, -0.1) is 0 Å². The molecular weight excluding hydrogens is 517 g/mol. The van der Waals surface area contributed by atoms with Gasteiger partial charge in [0, 0.05) is 30.9 Å². The van der Waals surface area contributed by atoms with Crippen LogP contribution in [0.1, 0.15) is 51.8 Å². The van der Waals surface area contributed by atoms with Crippen molar-refractivity contribution in [2.75, 3.05) is 12.4 Å². The Morgan fingerprint density at radius 2 is 1.97 bits per heavy atom. The maximum atomic E-state index is 13.1. The number of nitrogens with zero attached hydrogens (tertiary/aromatic N) is 6. The molecule has 14 heteroatoms. The third-order valence-electron chi connectivity index (χ3n) is 6.06. The highest BCUT2D eigenvalue weighted by Crippen LogP contribution is 2.45. The van der Waals surface area contributed by atoms with Crippen LogP contribution in [0.3, 0.4) is 0 Å². The van der Waals surface area contributed by atoms with Crippen molar-refractivity contribution >= 4 is 18.0 Å². The molecule has 1 aromatic carbocycles. The number of methoxy groups -OCH3 is 1. The quantitative estimate of drug-likeness (QED) is 0.264. The molecule has 1 aliphatic rings. The maximum absolute atomic E-state index is 13.1. The van der Waals surface area contributed by atoms with Crippen molar-refractivity contribution in [1.29, 1.82) is 5.41 Å². The van der Waals surface area contributed by atoms with Crippen LogP contribution in [-0.4, -0.2) is 54.1 Å². The highest BCUT2D eigenvalue weighted by molar-refractivity contribution is 5.86. The number of benzene rings is 1. The van der Waals surface area contributed by atoms with Crippen LogP contribution in [-0.2, 0) is 12.7 Å². The minimum absolute atomic E-state index is 0.153. The molecule has 11 nitrogen and oxygen atoms in total. The number of halogens is 3.